The minimum Gasteiger partial charge on any atom is -0.310 e. The van der Waals surface area contributed by atoms with Gasteiger partial charge in [-0.25, -0.2) is 9.67 Å². The van der Waals surface area contributed by atoms with Crippen molar-refractivity contribution >= 4 is 11.8 Å². The van der Waals surface area contributed by atoms with Gasteiger partial charge in [-0.05, 0) is 38.3 Å². The van der Waals surface area contributed by atoms with Gasteiger partial charge >= 0.3 is 0 Å². The van der Waals surface area contributed by atoms with Gasteiger partial charge in [-0.15, -0.1) is 0 Å². The summed E-state index contributed by atoms with van der Waals surface area (Å²) in [5.41, 5.74) is 0. The number of thioether (sulfide) groups is 1. The van der Waals surface area contributed by atoms with E-state index in [2.05, 4.69) is 28.6 Å². The van der Waals surface area contributed by atoms with Crippen LogP contribution in [0.15, 0.2) is 6.33 Å². The van der Waals surface area contributed by atoms with E-state index in [0.717, 1.165) is 25.5 Å². The third kappa shape index (κ3) is 4.66. The van der Waals surface area contributed by atoms with Gasteiger partial charge in [-0.3, -0.25) is 0 Å². The number of nitrogens with one attached hydrogen (secondary N) is 1. The molecule has 15 heavy (non-hydrogen) atoms. The molecule has 0 fully saturated rings. The Morgan fingerprint density at radius 3 is 3.07 bits per heavy atom. The van der Waals surface area contributed by atoms with Gasteiger partial charge in [0.05, 0.1) is 6.54 Å². The van der Waals surface area contributed by atoms with Crippen molar-refractivity contribution in [2.24, 2.45) is 0 Å². The highest BCUT2D eigenvalue weighted by atomic mass is 32.2. The van der Waals surface area contributed by atoms with Crippen molar-refractivity contribution in [2.75, 3.05) is 18.6 Å². The van der Waals surface area contributed by atoms with Crippen molar-refractivity contribution < 1.29 is 0 Å². The zero-order chi connectivity index (χ0) is 10.9. The fourth-order valence-corrected chi connectivity index (χ4v) is 1.88. The minimum absolute atomic E-state index is 0.826. The SMILES string of the molecule is CCn1ncnc1CNCCCCSC. The van der Waals surface area contributed by atoms with Crippen LogP contribution in [-0.4, -0.2) is 33.3 Å². The summed E-state index contributed by atoms with van der Waals surface area (Å²) >= 11 is 1.91. The van der Waals surface area contributed by atoms with Gasteiger partial charge in [0.25, 0.3) is 0 Å². The lowest BCUT2D eigenvalue weighted by atomic mass is 10.3. The number of hydrogen-bond donors (Lipinski definition) is 1. The standard InChI is InChI=1S/C10H20N4S/c1-3-14-10(12-9-13-14)8-11-6-4-5-7-15-2/h9,11H,3-8H2,1-2H3. The van der Waals surface area contributed by atoms with Crippen molar-refractivity contribution in [1.82, 2.24) is 20.1 Å². The summed E-state index contributed by atoms with van der Waals surface area (Å²) in [6, 6.07) is 0. The van der Waals surface area contributed by atoms with Crippen molar-refractivity contribution in [3.05, 3.63) is 12.2 Å². The van der Waals surface area contributed by atoms with E-state index in [9.17, 15) is 0 Å². The second-order valence-electron chi connectivity index (χ2n) is 3.37. The van der Waals surface area contributed by atoms with Gasteiger partial charge in [0.2, 0.25) is 0 Å². The largest absolute Gasteiger partial charge is 0.310 e. The number of unbranched alkanes of at least 4 members (excludes halogenated alkanes) is 1. The predicted molar refractivity (Wildman–Crippen MR) is 65.0 cm³/mol. The van der Waals surface area contributed by atoms with Gasteiger partial charge < -0.3 is 5.32 Å². The maximum Gasteiger partial charge on any atom is 0.140 e. The number of hydrogen-bond acceptors (Lipinski definition) is 4. The van der Waals surface area contributed by atoms with Gasteiger partial charge in [0, 0.05) is 6.54 Å². The number of rotatable bonds is 8. The fourth-order valence-electron chi connectivity index (χ4n) is 1.39. The highest BCUT2D eigenvalue weighted by molar-refractivity contribution is 7.98. The molecule has 4 nitrogen and oxygen atoms in total. The molecule has 1 N–H and O–H groups in total. The lowest BCUT2D eigenvalue weighted by molar-refractivity contribution is 0.563. The molecule has 0 aliphatic rings. The molecule has 0 aliphatic heterocycles. The first-order valence-corrected chi connectivity index (χ1v) is 6.84. The third-order valence-electron chi connectivity index (χ3n) is 2.23. The van der Waals surface area contributed by atoms with E-state index in [4.69, 9.17) is 0 Å². The van der Waals surface area contributed by atoms with Crippen LogP contribution in [-0.2, 0) is 13.1 Å². The minimum atomic E-state index is 0.826. The Morgan fingerprint density at radius 1 is 1.47 bits per heavy atom. The first kappa shape index (κ1) is 12.5. The molecule has 0 spiro atoms. The lowest BCUT2D eigenvalue weighted by Gasteiger charge is -2.04. The van der Waals surface area contributed by atoms with Crippen LogP contribution < -0.4 is 5.32 Å². The Morgan fingerprint density at radius 2 is 2.33 bits per heavy atom. The van der Waals surface area contributed by atoms with E-state index in [1.807, 2.05) is 16.4 Å². The van der Waals surface area contributed by atoms with Gasteiger partial charge in [-0.2, -0.15) is 16.9 Å². The summed E-state index contributed by atoms with van der Waals surface area (Å²) in [5.74, 6) is 2.29. The molecular weight excluding hydrogens is 208 g/mol. The van der Waals surface area contributed by atoms with Crippen molar-refractivity contribution in [2.45, 2.75) is 32.9 Å². The summed E-state index contributed by atoms with van der Waals surface area (Å²) in [6.07, 6.45) is 6.29. The summed E-state index contributed by atoms with van der Waals surface area (Å²) < 4.78 is 1.93. The third-order valence-corrected chi connectivity index (χ3v) is 2.93. The Balaban J connectivity index is 2.09. The summed E-state index contributed by atoms with van der Waals surface area (Å²) in [5, 5.41) is 7.51. The summed E-state index contributed by atoms with van der Waals surface area (Å²) in [4.78, 5) is 4.21. The maximum absolute atomic E-state index is 4.21. The van der Waals surface area contributed by atoms with E-state index in [0.29, 0.717) is 0 Å². The van der Waals surface area contributed by atoms with Crippen LogP contribution in [0.2, 0.25) is 0 Å². The number of aryl methyl sites for hydroxylation is 1. The summed E-state index contributed by atoms with van der Waals surface area (Å²) in [6.45, 7) is 4.87. The van der Waals surface area contributed by atoms with Crippen LogP contribution in [0.1, 0.15) is 25.6 Å². The van der Waals surface area contributed by atoms with Crippen LogP contribution in [0.4, 0.5) is 0 Å². The Kier molecular flexibility index (Phi) is 6.43. The van der Waals surface area contributed by atoms with Crippen LogP contribution in [0.3, 0.4) is 0 Å². The van der Waals surface area contributed by atoms with Gasteiger partial charge in [0.15, 0.2) is 0 Å². The Bertz CT molecular complexity index is 262. The van der Waals surface area contributed by atoms with Crippen molar-refractivity contribution in [3.63, 3.8) is 0 Å². The first-order valence-electron chi connectivity index (χ1n) is 5.44. The molecule has 0 amide bonds. The Labute approximate surface area is 95.9 Å². The van der Waals surface area contributed by atoms with Crippen LogP contribution in [0.25, 0.3) is 0 Å². The average molecular weight is 228 g/mol. The second kappa shape index (κ2) is 7.70. The molecule has 0 atom stereocenters. The zero-order valence-electron chi connectivity index (χ0n) is 9.57. The first-order chi connectivity index (χ1) is 7.38. The monoisotopic (exact) mass is 228 g/mol. The normalized spacial score (nSPS) is 10.8. The highest BCUT2D eigenvalue weighted by Crippen LogP contribution is 1.98. The zero-order valence-corrected chi connectivity index (χ0v) is 10.4. The fraction of sp³-hybridized carbons (Fsp3) is 0.800. The van der Waals surface area contributed by atoms with E-state index < -0.39 is 0 Å². The number of aromatic nitrogens is 3. The molecule has 1 heterocycles. The molecule has 0 aliphatic carbocycles. The molecular formula is C10H20N4S. The predicted octanol–water partition coefficient (Wildman–Crippen LogP) is 1.53. The van der Waals surface area contributed by atoms with E-state index >= 15 is 0 Å². The molecule has 0 unspecified atom stereocenters. The Hall–Kier alpha value is -0.550. The quantitative estimate of drug-likeness (QED) is 0.685. The van der Waals surface area contributed by atoms with Crippen molar-refractivity contribution in [1.29, 1.82) is 0 Å². The number of nitrogens with zero attached hydrogens (tertiary/aromatic N) is 3. The van der Waals surface area contributed by atoms with Gasteiger partial charge in [0.1, 0.15) is 12.2 Å². The molecule has 0 aromatic carbocycles. The summed E-state index contributed by atoms with van der Waals surface area (Å²) in [7, 11) is 0. The van der Waals surface area contributed by atoms with E-state index in [1.165, 1.54) is 18.6 Å². The smallest absolute Gasteiger partial charge is 0.140 e. The molecule has 0 radical (unpaired) electrons. The molecule has 0 bridgehead atoms. The molecule has 1 rings (SSSR count). The average Bonchev–Trinajstić information content (AvgIpc) is 2.70. The molecule has 1 aromatic heterocycles. The second-order valence-corrected chi connectivity index (χ2v) is 4.35. The van der Waals surface area contributed by atoms with Crippen molar-refractivity contribution in [3.8, 4) is 0 Å². The maximum atomic E-state index is 4.21. The van der Waals surface area contributed by atoms with Crippen LogP contribution in [0.5, 0.6) is 0 Å². The van der Waals surface area contributed by atoms with E-state index in [-0.39, 0.29) is 0 Å². The molecule has 1 aromatic rings. The van der Waals surface area contributed by atoms with Crippen LogP contribution in [0, 0.1) is 0 Å². The van der Waals surface area contributed by atoms with E-state index in [1.54, 1.807) is 6.33 Å². The topological polar surface area (TPSA) is 42.7 Å². The molecule has 86 valence electrons. The van der Waals surface area contributed by atoms with Crippen LogP contribution >= 0.6 is 11.8 Å². The molecule has 0 saturated heterocycles. The molecule has 0 saturated carbocycles. The molecule has 5 heteroatoms. The highest BCUT2D eigenvalue weighted by Gasteiger charge is 2.00. The lowest BCUT2D eigenvalue weighted by Crippen LogP contribution is -2.18. The van der Waals surface area contributed by atoms with Gasteiger partial charge in [-0.1, -0.05) is 0 Å².